The van der Waals surface area contributed by atoms with Gasteiger partial charge in [-0.25, -0.2) is 0 Å². The molecule has 0 bridgehead atoms. The second-order valence-corrected chi connectivity index (χ2v) is 5.26. The minimum Gasteiger partial charge on any atom is -0.493 e. The lowest BCUT2D eigenvalue weighted by molar-refractivity contribution is 0.340. The molecule has 0 radical (unpaired) electrons. The number of ether oxygens (including phenoxy) is 1. The first-order chi connectivity index (χ1) is 9.70. The molecule has 0 amide bonds. The second kappa shape index (κ2) is 5.12. The third kappa shape index (κ3) is 2.11. The van der Waals surface area contributed by atoms with E-state index in [1.165, 1.54) is 16.3 Å². The van der Waals surface area contributed by atoms with Crippen molar-refractivity contribution in [3.8, 4) is 5.75 Å². The van der Waals surface area contributed by atoms with E-state index in [4.69, 9.17) is 9.73 Å². The molecule has 0 N–H and O–H groups in total. The molecule has 2 aromatic rings. The van der Waals surface area contributed by atoms with Crippen LogP contribution in [0, 0.1) is 0 Å². The molecule has 0 saturated carbocycles. The van der Waals surface area contributed by atoms with Crippen LogP contribution in [-0.4, -0.2) is 18.4 Å². The van der Waals surface area contributed by atoms with E-state index in [0.29, 0.717) is 6.61 Å². The third-order valence-corrected chi connectivity index (χ3v) is 3.41. The molecule has 20 heavy (non-hydrogen) atoms. The van der Waals surface area contributed by atoms with E-state index in [9.17, 15) is 0 Å². The minimum atomic E-state index is 0.268. The number of hydrogen-bond acceptors (Lipinski definition) is 2. The van der Waals surface area contributed by atoms with Crippen LogP contribution in [0.25, 0.3) is 16.8 Å². The molecule has 0 aromatic heterocycles. The van der Waals surface area contributed by atoms with E-state index in [1.807, 2.05) is 6.92 Å². The van der Waals surface area contributed by atoms with Crippen molar-refractivity contribution in [1.29, 1.82) is 0 Å². The van der Waals surface area contributed by atoms with Gasteiger partial charge in [-0.05, 0) is 43.9 Å². The molecule has 0 fully saturated rings. The molecule has 2 aromatic carbocycles. The van der Waals surface area contributed by atoms with Gasteiger partial charge in [0.1, 0.15) is 5.75 Å². The quantitative estimate of drug-likeness (QED) is 0.802. The predicted octanol–water partition coefficient (Wildman–Crippen LogP) is 4.46. The first kappa shape index (κ1) is 12.9. The summed E-state index contributed by atoms with van der Waals surface area (Å²) >= 11 is 0. The van der Waals surface area contributed by atoms with Crippen molar-refractivity contribution in [3.05, 3.63) is 47.5 Å². The van der Waals surface area contributed by atoms with Gasteiger partial charge < -0.3 is 4.74 Å². The summed E-state index contributed by atoms with van der Waals surface area (Å²) in [7, 11) is 0. The van der Waals surface area contributed by atoms with Crippen molar-refractivity contribution in [2.75, 3.05) is 6.61 Å². The standard InChI is InChI=1S/C18H19NO/c1-4-20-16-11-9-14-7-5-6-13-8-10-15(19-12(2)3)18(16)17(13)14/h5-12H,4H2,1-3H3. The summed E-state index contributed by atoms with van der Waals surface area (Å²) in [5, 5.41) is 2.49. The second-order valence-electron chi connectivity index (χ2n) is 5.26. The molecule has 2 heteroatoms. The predicted molar refractivity (Wildman–Crippen MR) is 85.8 cm³/mol. The number of rotatable bonds is 3. The van der Waals surface area contributed by atoms with Gasteiger partial charge in [0.2, 0.25) is 0 Å². The molecule has 0 aliphatic heterocycles. The summed E-state index contributed by atoms with van der Waals surface area (Å²) in [6, 6.07) is 10.8. The van der Waals surface area contributed by atoms with Crippen LogP contribution in [0.15, 0.2) is 41.4 Å². The number of benzene rings is 2. The fourth-order valence-corrected chi connectivity index (χ4v) is 2.70. The van der Waals surface area contributed by atoms with Crippen LogP contribution in [0.3, 0.4) is 0 Å². The van der Waals surface area contributed by atoms with Crippen molar-refractivity contribution in [2.45, 2.75) is 26.8 Å². The highest BCUT2D eigenvalue weighted by Crippen LogP contribution is 2.35. The Morgan fingerprint density at radius 3 is 2.70 bits per heavy atom. The molecule has 0 heterocycles. The van der Waals surface area contributed by atoms with Crippen LogP contribution in [0.4, 0.5) is 0 Å². The average Bonchev–Trinajstić information content (AvgIpc) is 2.43. The zero-order chi connectivity index (χ0) is 14.1. The molecule has 0 atom stereocenters. The summed E-state index contributed by atoms with van der Waals surface area (Å²) in [6.07, 6.45) is 4.24. The zero-order valence-electron chi connectivity index (χ0n) is 12.2. The summed E-state index contributed by atoms with van der Waals surface area (Å²) < 4.78 is 5.82. The van der Waals surface area contributed by atoms with Gasteiger partial charge in [0.05, 0.1) is 17.9 Å². The van der Waals surface area contributed by atoms with Crippen molar-refractivity contribution in [2.24, 2.45) is 4.99 Å². The SMILES string of the molecule is CCOc1ccc2cccc3c2c1C(=NC(C)C)C=C3. The van der Waals surface area contributed by atoms with E-state index in [2.05, 4.69) is 56.3 Å². The summed E-state index contributed by atoms with van der Waals surface area (Å²) in [4.78, 5) is 4.75. The Labute approximate surface area is 119 Å². The first-order valence-corrected chi connectivity index (χ1v) is 7.15. The Hall–Kier alpha value is -2.09. The zero-order valence-corrected chi connectivity index (χ0v) is 12.2. The van der Waals surface area contributed by atoms with Crippen LogP contribution in [0.2, 0.25) is 0 Å². The minimum absolute atomic E-state index is 0.268. The van der Waals surface area contributed by atoms with Crippen molar-refractivity contribution >= 4 is 22.6 Å². The lowest BCUT2D eigenvalue weighted by atomic mass is 9.91. The normalized spacial score (nSPS) is 15.3. The summed E-state index contributed by atoms with van der Waals surface area (Å²) in [6.45, 7) is 6.88. The summed E-state index contributed by atoms with van der Waals surface area (Å²) in [5.74, 6) is 0.927. The molecule has 102 valence electrons. The number of aliphatic imine (C=N–C) groups is 1. The Morgan fingerprint density at radius 1 is 1.10 bits per heavy atom. The van der Waals surface area contributed by atoms with Gasteiger partial charge in [0.25, 0.3) is 0 Å². The Bertz CT molecular complexity index is 711. The van der Waals surface area contributed by atoms with Crippen molar-refractivity contribution < 1.29 is 4.74 Å². The maximum Gasteiger partial charge on any atom is 0.129 e. The van der Waals surface area contributed by atoms with Crippen molar-refractivity contribution in [3.63, 3.8) is 0 Å². The molecule has 2 nitrogen and oxygen atoms in total. The maximum absolute atomic E-state index is 5.82. The van der Waals surface area contributed by atoms with Gasteiger partial charge in [-0.2, -0.15) is 0 Å². The fraction of sp³-hybridized carbons (Fsp3) is 0.278. The van der Waals surface area contributed by atoms with Gasteiger partial charge in [0.15, 0.2) is 0 Å². The molecule has 1 aliphatic rings. The van der Waals surface area contributed by atoms with Crippen molar-refractivity contribution in [1.82, 2.24) is 0 Å². The largest absolute Gasteiger partial charge is 0.493 e. The van der Waals surface area contributed by atoms with Crippen LogP contribution in [0.5, 0.6) is 5.75 Å². The number of nitrogens with zero attached hydrogens (tertiary/aromatic N) is 1. The molecule has 0 spiro atoms. The lowest BCUT2D eigenvalue weighted by Crippen LogP contribution is -2.09. The Balaban J connectivity index is 2.34. The highest BCUT2D eigenvalue weighted by Gasteiger charge is 2.18. The van der Waals surface area contributed by atoms with Crippen LogP contribution < -0.4 is 4.74 Å². The highest BCUT2D eigenvalue weighted by molar-refractivity contribution is 6.24. The fourth-order valence-electron chi connectivity index (χ4n) is 2.70. The molecule has 1 aliphatic carbocycles. The number of hydrogen-bond donors (Lipinski definition) is 0. The van der Waals surface area contributed by atoms with Gasteiger partial charge in [-0.15, -0.1) is 0 Å². The third-order valence-electron chi connectivity index (χ3n) is 3.41. The molecule has 0 unspecified atom stereocenters. The van der Waals surface area contributed by atoms with Gasteiger partial charge in [-0.1, -0.05) is 30.3 Å². The van der Waals surface area contributed by atoms with Crippen LogP contribution >= 0.6 is 0 Å². The van der Waals surface area contributed by atoms with E-state index >= 15 is 0 Å². The smallest absolute Gasteiger partial charge is 0.129 e. The van der Waals surface area contributed by atoms with E-state index in [1.54, 1.807) is 0 Å². The van der Waals surface area contributed by atoms with Gasteiger partial charge in [0, 0.05) is 11.4 Å². The van der Waals surface area contributed by atoms with E-state index in [-0.39, 0.29) is 6.04 Å². The number of allylic oxidation sites excluding steroid dienone is 1. The van der Waals surface area contributed by atoms with E-state index < -0.39 is 0 Å². The topological polar surface area (TPSA) is 21.6 Å². The first-order valence-electron chi connectivity index (χ1n) is 7.15. The molecule has 0 saturated heterocycles. The Kier molecular flexibility index (Phi) is 3.31. The van der Waals surface area contributed by atoms with Crippen LogP contribution in [-0.2, 0) is 0 Å². The van der Waals surface area contributed by atoms with Gasteiger partial charge in [-0.3, -0.25) is 4.99 Å². The molecule has 3 rings (SSSR count). The van der Waals surface area contributed by atoms with Gasteiger partial charge >= 0.3 is 0 Å². The van der Waals surface area contributed by atoms with E-state index in [0.717, 1.165) is 17.0 Å². The Morgan fingerprint density at radius 2 is 1.95 bits per heavy atom. The average molecular weight is 265 g/mol. The van der Waals surface area contributed by atoms with Crippen LogP contribution in [0.1, 0.15) is 31.9 Å². The molecular formula is C18H19NO. The molecular weight excluding hydrogens is 246 g/mol. The lowest BCUT2D eigenvalue weighted by Gasteiger charge is -2.19. The maximum atomic E-state index is 5.82. The monoisotopic (exact) mass is 265 g/mol. The highest BCUT2D eigenvalue weighted by atomic mass is 16.5. The summed E-state index contributed by atoms with van der Waals surface area (Å²) in [5.41, 5.74) is 3.39.